The number of amides is 2. The van der Waals surface area contributed by atoms with E-state index >= 15 is 0 Å². The Morgan fingerprint density at radius 2 is 1.69 bits per heavy atom. The average Bonchev–Trinajstić information content (AvgIpc) is 2.10. The molecule has 0 saturated carbocycles. The summed E-state index contributed by atoms with van der Waals surface area (Å²) in [7, 11) is -3.25. The number of carbonyl (C=O) groups excluding carboxylic acids is 1. The van der Waals surface area contributed by atoms with Crippen LogP contribution in [0.5, 0.6) is 0 Å². The molecule has 0 aromatic heterocycles. The zero-order chi connectivity index (χ0) is 12.6. The van der Waals surface area contributed by atoms with Crippen LogP contribution in [0.3, 0.4) is 0 Å². The lowest BCUT2D eigenvalue weighted by Gasteiger charge is -2.06. The number of carboxylic acids is 1. The highest BCUT2D eigenvalue weighted by Gasteiger charge is 2.02. The van der Waals surface area contributed by atoms with Gasteiger partial charge in [-0.05, 0) is 0 Å². The van der Waals surface area contributed by atoms with E-state index in [9.17, 15) is 18.0 Å². The van der Waals surface area contributed by atoms with Crippen molar-refractivity contribution in [3.05, 3.63) is 0 Å². The Kier molecular flexibility index (Phi) is 6.42. The van der Waals surface area contributed by atoms with Crippen molar-refractivity contribution < 1.29 is 23.1 Å². The standard InChI is InChI=1S/C7H15N3O5S/c1-16(14,15)10-5-4-9-7(13)8-3-2-6(11)12/h10H,2-5H2,1H3,(H,11,12)(H2,8,9,13). The summed E-state index contributed by atoms with van der Waals surface area (Å²) in [4.78, 5) is 21.1. The van der Waals surface area contributed by atoms with Crippen LogP contribution in [0.2, 0.25) is 0 Å². The number of urea groups is 1. The highest BCUT2D eigenvalue weighted by atomic mass is 32.2. The van der Waals surface area contributed by atoms with E-state index in [0.29, 0.717) is 0 Å². The van der Waals surface area contributed by atoms with Crippen molar-refractivity contribution >= 4 is 22.0 Å². The molecule has 0 unspecified atom stereocenters. The van der Waals surface area contributed by atoms with Gasteiger partial charge < -0.3 is 15.7 Å². The minimum absolute atomic E-state index is 0.0284. The van der Waals surface area contributed by atoms with E-state index in [1.54, 1.807) is 0 Å². The first-order valence-corrected chi connectivity index (χ1v) is 6.38. The lowest BCUT2D eigenvalue weighted by molar-refractivity contribution is -0.136. The second kappa shape index (κ2) is 7.01. The first-order valence-electron chi connectivity index (χ1n) is 4.49. The van der Waals surface area contributed by atoms with E-state index < -0.39 is 22.0 Å². The number of sulfonamides is 1. The molecular formula is C7H15N3O5S. The fraction of sp³-hybridized carbons (Fsp3) is 0.714. The molecular weight excluding hydrogens is 238 g/mol. The Morgan fingerprint density at radius 3 is 2.19 bits per heavy atom. The van der Waals surface area contributed by atoms with Crippen LogP contribution >= 0.6 is 0 Å². The van der Waals surface area contributed by atoms with E-state index in [2.05, 4.69) is 15.4 Å². The van der Waals surface area contributed by atoms with E-state index in [1.807, 2.05) is 0 Å². The number of carboxylic acid groups (broad SMARTS) is 1. The van der Waals surface area contributed by atoms with Gasteiger partial charge in [0.05, 0.1) is 12.7 Å². The van der Waals surface area contributed by atoms with Crippen molar-refractivity contribution in [2.45, 2.75) is 6.42 Å². The molecule has 0 fully saturated rings. The molecule has 9 heteroatoms. The molecule has 0 radical (unpaired) electrons. The van der Waals surface area contributed by atoms with Gasteiger partial charge >= 0.3 is 12.0 Å². The van der Waals surface area contributed by atoms with Crippen LogP contribution in [0, 0.1) is 0 Å². The minimum Gasteiger partial charge on any atom is -0.481 e. The number of aliphatic carboxylic acids is 1. The van der Waals surface area contributed by atoms with E-state index in [0.717, 1.165) is 6.26 Å². The molecule has 0 saturated heterocycles. The van der Waals surface area contributed by atoms with Gasteiger partial charge in [-0.15, -0.1) is 0 Å². The molecule has 0 aromatic rings. The molecule has 0 spiro atoms. The normalized spacial score (nSPS) is 10.8. The number of hydrogen-bond acceptors (Lipinski definition) is 4. The van der Waals surface area contributed by atoms with Crippen LogP contribution in [0.15, 0.2) is 0 Å². The first-order chi connectivity index (χ1) is 7.31. The maximum Gasteiger partial charge on any atom is 0.314 e. The zero-order valence-electron chi connectivity index (χ0n) is 8.82. The van der Waals surface area contributed by atoms with Gasteiger partial charge in [-0.3, -0.25) is 4.79 Å². The van der Waals surface area contributed by atoms with E-state index in [1.165, 1.54) is 0 Å². The fourth-order valence-electron chi connectivity index (χ4n) is 0.758. The highest BCUT2D eigenvalue weighted by molar-refractivity contribution is 7.88. The Labute approximate surface area is 93.5 Å². The molecule has 8 nitrogen and oxygen atoms in total. The van der Waals surface area contributed by atoms with Crippen LogP contribution in [-0.2, 0) is 14.8 Å². The van der Waals surface area contributed by atoms with Crippen molar-refractivity contribution in [1.29, 1.82) is 0 Å². The first kappa shape index (κ1) is 14.6. The van der Waals surface area contributed by atoms with Crippen LogP contribution in [0.1, 0.15) is 6.42 Å². The summed E-state index contributed by atoms with van der Waals surface area (Å²) in [5.74, 6) is -1.00. The molecule has 0 bridgehead atoms. The summed E-state index contributed by atoms with van der Waals surface area (Å²) in [6.45, 7) is 0.248. The van der Waals surface area contributed by atoms with Gasteiger partial charge in [0.2, 0.25) is 10.0 Å². The minimum atomic E-state index is -3.25. The quantitative estimate of drug-likeness (QED) is 0.403. The van der Waals surface area contributed by atoms with Gasteiger partial charge in [0.1, 0.15) is 0 Å². The van der Waals surface area contributed by atoms with Crippen LogP contribution in [0.25, 0.3) is 0 Å². The second-order valence-corrected chi connectivity index (χ2v) is 4.83. The lowest BCUT2D eigenvalue weighted by atomic mass is 10.4. The van der Waals surface area contributed by atoms with Crippen molar-refractivity contribution in [3.63, 3.8) is 0 Å². The average molecular weight is 253 g/mol. The van der Waals surface area contributed by atoms with E-state index in [-0.39, 0.29) is 26.1 Å². The molecule has 0 aliphatic carbocycles. The van der Waals surface area contributed by atoms with Crippen LogP contribution < -0.4 is 15.4 Å². The third kappa shape index (κ3) is 10.7. The molecule has 4 N–H and O–H groups in total. The number of hydrogen-bond donors (Lipinski definition) is 4. The van der Waals surface area contributed by atoms with Crippen molar-refractivity contribution in [2.75, 3.05) is 25.9 Å². The van der Waals surface area contributed by atoms with Gasteiger partial charge in [0.25, 0.3) is 0 Å². The highest BCUT2D eigenvalue weighted by Crippen LogP contribution is 1.76. The monoisotopic (exact) mass is 253 g/mol. The summed E-state index contributed by atoms with van der Waals surface area (Å²) >= 11 is 0. The predicted molar refractivity (Wildman–Crippen MR) is 56.5 cm³/mol. The number of rotatable bonds is 7. The van der Waals surface area contributed by atoms with Crippen molar-refractivity contribution in [1.82, 2.24) is 15.4 Å². The largest absolute Gasteiger partial charge is 0.481 e. The van der Waals surface area contributed by atoms with Gasteiger partial charge in [0.15, 0.2) is 0 Å². The van der Waals surface area contributed by atoms with Crippen molar-refractivity contribution in [3.8, 4) is 0 Å². The van der Waals surface area contributed by atoms with Gasteiger partial charge in [0, 0.05) is 19.6 Å². The summed E-state index contributed by atoms with van der Waals surface area (Å²) in [6, 6.07) is -0.531. The molecule has 0 aliphatic rings. The molecule has 0 heterocycles. The van der Waals surface area contributed by atoms with Crippen molar-refractivity contribution in [2.24, 2.45) is 0 Å². The van der Waals surface area contributed by atoms with E-state index in [4.69, 9.17) is 5.11 Å². The Morgan fingerprint density at radius 1 is 1.12 bits per heavy atom. The SMILES string of the molecule is CS(=O)(=O)NCCNC(=O)NCCC(=O)O. The molecule has 0 aromatic carbocycles. The molecule has 0 aliphatic heterocycles. The summed E-state index contributed by atoms with van der Waals surface area (Å²) in [5.41, 5.74) is 0. The third-order valence-corrected chi connectivity index (χ3v) is 2.13. The molecule has 0 atom stereocenters. The number of nitrogens with one attached hydrogen (secondary N) is 3. The van der Waals surface area contributed by atoms with Crippen LogP contribution in [0.4, 0.5) is 4.79 Å². The predicted octanol–water partition coefficient (Wildman–Crippen LogP) is -1.69. The molecule has 94 valence electrons. The molecule has 0 rings (SSSR count). The van der Waals surface area contributed by atoms with Gasteiger partial charge in [-0.1, -0.05) is 0 Å². The Bertz CT molecular complexity index is 340. The zero-order valence-corrected chi connectivity index (χ0v) is 9.63. The molecule has 16 heavy (non-hydrogen) atoms. The van der Waals surface area contributed by atoms with Crippen LogP contribution in [-0.4, -0.2) is 51.4 Å². The Hall–Kier alpha value is -1.35. The Balaban J connectivity index is 3.48. The maximum atomic E-state index is 11.0. The summed E-state index contributed by atoms with van der Waals surface area (Å²) in [6.07, 6.45) is 0.856. The fourth-order valence-corrected chi connectivity index (χ4v) is 1.23. The van der Waals surface area contributed by atoms with Gasteiger partial charge in [-0.2, -0.15) is 0 Å². The summed E-state index contributed by atoms with van der Waals surface area (Å²) in [5, 5.41) is 12.9. The van der Waals surface area contributed by atoms with Gasteiger partial charge in [-0.25, -0.2) is 17.9 Å². The second-order valence-electron chi connectivity index (χ2n) is 2.99. The number of carbonyl (C=O) groups is 2. The molecule has 2 amide bonds. The smallest absolute Gasteiger partial charge is 0.314 e. The maximum absolute atomic E-state index is 11.0. The lowest BCUT2D eigenvalue weighted by Crippen LogP contribution is -2.40. The third-order valence-electron chi connectivity index (χ3n) is 1.40. The topological polar surface area (TPSA) is 125 Å². The summed E-state index contributed by atoms with van der Waals surface area (Å²) < 4.78 is 23.4.